The molecule has 112 valence electrons. The zero-order chi connectivity index (χ0) is 15.6. The molecule has 21 heavy (non-hydrogen) atoms. The third-order valence-electron chi connectivity index (χ3n) is 3.81. The quantitative estimate of drug-likeness (QED) is 0.843. The standard InChI is InChI=1S/C15H17ClFN3O/c1-15(2,10-18)20-8-6-19(7-9-20)14(21)13-11(16)4-3-5-12(13)17/h3-5H,6-9H2,1-2H3. The molecule has 0 aromatic heterocycles. The molecule has 1 aromatic carbocycles. The molecule has 1 aliphatic rings. The summed E-state index contributed by atoms with van der Waals surface area (Å²) in [5.74, 6) is -1.00. The lowest BCUT2D eigenvalue weighted by molar-refractivity contribution is 0.0517. The van der Waals surface area contributed by atoms with Crippen LogP contribution in [0.15, 0.2) is 18.2 Å². The third-order valence-corrected chi connectivity index (χ3v) is 4.12. The number of halogens is 2. The van der Waals surface area contributed by atoms with E-state index in [0.29, 0.717) is 26.2 Å². The number of carbonyl (C=O) groups is 1. The summed E-state index contributed by atoms with van der Waals surface area (Å²) in [4.78, 5) is 16.0. The van der Waals surface area contributed by atoms with E-state index >= 15 is 0 Å². The highest BCUT2D eigenvalue weighted by atomic mass is 35.5. The number of carbonyl (C=O) groups excluding carboxylic acids is 1. The Morgan fingerprint density at radius 2 is 1.95 bits per heavy atom. The van der Waals surface area contributed by atoms with Gasteiger partial charge in [-0.25, -0.2) is 4.39 Å². The maximum atomic E-state index is 13.8. The van der Waals surface area contributed by atoms with Crippen LogP contribution < -0.4 is 0 Å². The van der Waals surface area contributed by atoms with Gasteiger partial charge in [-0.1, -0.05) is 17.7 Å². The minimum Gasteiger partial charge on any atom is -0.336 e. The average Bonchev–Trinajstić information content (AvgIpc) is 2.47. The maximum absolute atomic E-state index is 13.8. The third kappa shape index (κ3) is 3.17. The first-order chi connectivity index (χ1) is 9.86. The van der Waals surface area contributed by atoms with E-state index in [4.69, 9.17) is 16.9 Å². The lowest BCUT2D eigenvalue weighted by Gasteiger charge is -2.40. The Kier molecular flexibility index (Phi) is 4.50. The molecule has 2 rings (SSSR count). The molecule has 0 spiro atoms. The number of amides is 1. The topological polar surface area (TPSA) is 47.3 Å². The summed E-state index contributed by atoms with van der Waals surface area (Å²) in [5, 5.41) is 9.26. The second kappa shape index (κ2) is 6.00. The molecule has 1 amide bonds. The number of benzene rings is 1. The second-order valence-corrected chi connectivity index (χ2v) is 5.95. The molecular formula is C15H17ClFN3O. The van der Waals surface area contributed by atoms with Crippen LogP contribution in [0.5, 0.6) is 0 Å². The van der Waals surface area contributed by atoms with Crippen molar-refractivity contribution in [3.05, 3.63) is 34.6 Å². The van der Waals surface area contributed by atoms with Crippen LogP contribution in [0.2, 0.25) is 5.02 Å². The first-order valence-corrected chi connectivity index (χ1v) is 7.14. The van der Waals surface area contributed by atoms with Gasteiger partial charge in [0.15, 0.2) is 0 Å². The van der Waals surface area contributed by atoms with Crippen molar-refractivity contribution in [2.45, 2.75) is 19.4 Å². The van der Waals surface area contributed by atoms with Crippen LogP contribution in [0, 0.1) is 17.1 Å². The number of hydrogen-bond acceptors (Lipinski definition) is 3. The first-order valence-electron chi connectivity index (χ1n) is 6.76. The Balaban J connectivity index is 2.10. The van der Waals surface area contributed by atoms with Crippen LogP contribution in [-0.4, -0.2) is 47.4 Å². The number of nitrogens with zero attached hydrogens (tertiary/aromatic N) is 3. The number of rotatable bonds is 2. The van der Waals surface area contributed by atoms with Gasteiger partial charge >= 0.3 is 0 Å². The van der Waals surface area contributed by atoms with Gasteiger partial charge in [0.1, 0.15) is 11.4 Å². The van der Waals surface area contributed by atoms with E-state index in [9.17, 15) is 9.18 Å². The summed E-state index contributed by atoms with van der Waals surface area (Å²) in [6.07, 6.45) is 0. The fourth-order valence-corrected chi connectivity index (χ4v) is 2.64. The van der Waals surface area contributed by atoms with Crippen LogP contribution in [0.4, 0.5) is 4.39 Å². The van der Waals surface area contributed by atoms with E-state index in [0.717, 1.165) is 0 Å². The van der Waals surface area contributed by atoms with Crippen molar-refractivity contribution >= 4 is 17.5 Å². The predicted molar refractivity (Wildman–Crippen MR) is 78.6 cm³/mol. The van der Waals surface area contributed by atoms with Gasteiger partial charge in [-0.15, -0.1) is 0 Å². The molecule has 6 heteroatoms. The van der Waals surface area contributed by atoms with Crippen molar-refractivity contribution in [1.29, 1.82) is 5.26 Å². The summed E-state index contributed by atoms with van der Waals surface area (Å²) in [5.41, 5.74) is -0.641. The molecule has 1 fully saturated rings. The molecule has 0 saturated carbocycles. The van der Waals surface area contributed by atoms with E-state index < -0.39 is 17.3 Å². The largest absolute Gasteiger partial charge is 0.336 e. The zero-order valence-corrected chi connectivity index (χ0v) is 12.8. The van der Waals surface area contributed by atoms with Crippen molar-refractivity contribution in [3.8, 4) is 6.07 Å². The Morgan fingerprint density at radius 1 is 1.33 bits per heavy atom. The molecule has 1 aromatic rings. The van der Waals surface area contributed by atoms with E-state index in [1.807, 2.05) is 18.7 Å². The molecule has 1 saturated heterocycles. The van der Waals surface area contributed by atoms with Crippen LogP contribution in [0.1, 0.15) is 24.2 Å². The van der Waals surface area contributed by atoms with E-state index in [2.05, 4.69) is 6.07 Å². The van der Waals surface area contributed by atoms with Gasteiger partial charge < -0.3 is 4.90 Å². The fraction of sp³-hybridized carbons (Fsp3) is 0.467. The number of piperazine rings is 1. The van der Waals surface area contributed by atoms with Crippen LogP contribution in [0.3, 0.4) is 0 Å². The first kappa shape index (κ1) is 15.7. The number of nitriles is 1. The van der Waals surface area contributed by atoms with Gasteiger partial charge in [0.05, 0.1) is 16.7 Å². The molecule has 4 nitrogen and oxygen atoms in total. The maximum Gasteiger partial charge on any atom is 0.258 e. The minimum atomic E-state index is -0.604. The normalized spacial score (nSPS) is 16.6. The summed E-state index contributed by atoms with van der Waals surface area (Å²) in [7, 11) is 0. The van der Waals surface area contributed by atoms with Gasteiger partial charge in [-0.2, -0.15) is 5.26 Å². The zero-order valence-electron chi connectivity index (χ0n) is 12.1. The summed E-state index contributed by atoms with van der Waals surface area (Å²) in [6, 6.07) is 6.46. The van der Waals surface area contributed by atoms with Crippen molar-refractivity contribution in [3.63, 3.8) is 0 Å². The fourth-order valence-electron chi connectivity index (χ4n) is 2.40. The Labute approximate surface area is 128 Å². The Morgan fingerprint density at radius 3 is 2.48 bits per heavy atom. The predicted octanol–water partition coefficient (Wildman–Crippen LogP) is 2.54. The highest BCUT2D eigenvalue weighted by molar-refractivity contribution is 6.33. The highest BCUT2D eigenvalue weighted by Crippen LogP contribution is 2.22. The smallest absolute Gasteiger partial charge is 0.258 e. The SMILES string of the molecule is CC(C)(C#N)N1CCN(C(=O)c2c(F)cccc2Cl)CC1. The Hall–Kier alpha value is -1.64. The highest BCUT2D eigenvalue weighted by Gasteiger charge is 2.32. The van der Waals surface area contributed by atoms with Gasteiger partial charge in [0.25, 0.3) is 5.91 Å². The van der Waals surface area contributed by atoms with Crippen LogP contribution in [0.25, 0.3) is 0 Å². The molecule has 0 atom stereocenters. The average molecular weight is 310 g/mol. The lowest BCUT2D eigenvalue weighted by Crippen LogP contribution is -2.55. The van der Waals surface area contributed by atoms with Gasteiger partial charge in [-0.05, 0) is 26.0 Å². The van der Waals surface area contributed by atoms with Gasteiger partial charge in [-0.3, -0.25) is 9.69 Å². The van der Waals surface area contributed by atoms with Gasteiger partial charge in [0, 0.05) is 26.2 Å². The molecule has 0 bridgehead atoms. The summed E-state index contributed by atoms with van der Waals surface area (Å²) >= 11 is 5.93. The number of hydrogen-bond donors (Lipinski definition) is 0. The molecule has 0 unspecified atom stereocenters. The van der Waals surface area contributed by atoms with Crippen molar-refractivity contribution in [2.24, 2.45) is 0 Å². The lowest BCUT2D eigenvalue weighted by atomic mass is 10.0. The Bertz CT molecular complexity index is 569. The molecular weight excluding hydrogens is 293 g/mol. The van der Waals surface area contributed by atoms with E-state index in [1.54, 1.807) is 4.90 Å². The van der Waals surface area contributed by atoms with E-state index in [1.165, 1.54) is 18.2 Å². The molecule has 0 aliphatic carbocycles. The molecule has 0 N–H and O–H groups in total. The van der Waals surface area contributed by atoms with Crippen LogP contribution >= 0.6 is 11.6 Å². The summed E-state index contributed by atoms with van der Waals surface area (Å²) in [6.45, 7) is 5.76. The molecule has 0 radical (unpaired) electrons. The second-order valence-electron chi connectivity index (χ2n) is 5.55. The van der Waals surface area contributed by atoms with Crippen molar-refractivity contribution in [2.75, 3.05) is 26.2 Å². The van der Waals surface area contributed by atoms with Crippen molar-refractivity contribution < 1.29 is 9.18 Å². The monoisotopic (exact) mass is 309 g/mol. The minimum absolute atomic E-state index is 0.0767. The van der Waals surface area contributed by atoms with E-state index in [-0.39, 0.29) is 10.6 Å². The molecule has 1 aliphatic heterocycles. The van der Waals surface area contributed by atoms with Crippen LogP contribution in [-0.2, 0) is 0 Å². The summed E-state index contributed by atoms with van der Waals surface area (Å²) < 4.78 is 13.8. The molecule has 1 heterocycles. The van der Waals surface area contributed by atoms with Crippen molar-refractivity contribution in [1.82, 2.24) is 9.80 Å². The van der Waals surface area contributed by atoms with Gasteiger partial charge in [0.2, 0.25) is 0 Å².